The summed E-state index contributed by atoms with van der Waals surface area (Å²) < 4.78 is 7.33. The van der Waals surface area contributed by atoms with Crippen LogP contribution < -0.4 is 0 Å². The van der Waals surface area contributed by atoms with Crippen molar-refractivity contribution in [2.24, 2.45) is 12.5 Å². The average molecular weight is 408 g/mol. The number of nitrogens with zero attached hydrogens (tertiary/aromatic N) is 8. The van der Waals surface area contributed by atoms with Crippen LogP contribution >= 0.6 is 0 Å². The number of hydrogen-bond acceptors (Lipinski definition) is 8. The number of hydrogen-bond donors (Lipinski definition) is 0. The molecule has 5 rings (SSSR count). The fourth-order valence-corrected chi connectivity index (χ4v) is 4.85. The molecule has 0 saturated carbocycles. The van der Waals surface area contributed by atoms with E-state index in [1.165, 1.54) is 0 Å². The summed E-state index contributed by atoms with van der Waals surface area (Å²) >= 11 is 0. The number of rotatable bonds is 3. The monoisotopic (exact) mass is 408 g/mol. The topological polar surface area (TPSA) is 106 Å². The molecule has 156 valence electrons. The van der Waals surface area contributed by atoms with Gasteiger partial charge in [-0.1, -0.05) is 5.16 Å². The number of amides is 1. The zero-order valence-corrected chi connectivity index (χ0v) is 17.3. The number of carbonyl (C=O) groups is 1. The first-order valence-corrected chi connectivity index (χ1v) is 10.0. The molecule has 30 heavy (non-hydrogen) atoms. The van der Waals surface area contributed by atoms with Gasteiger partial charge in [-0.15, -0.1) is 0 Å². The van der Waals surface area contributed by atoms with Crippen molar-refractivity contribution in [3.63, 3.8) is 0 Å². The van der Waals surface area contributed by atoms with Crippen molar-refractivity contribution >= 4 is 5.91 Å². The van der Waals surface area contributed by atoms with Crippen molar-refractivity contribution in [3.8, 4) is 11.5 Å². The predicted octanol–water partition coefficient (Wildman–Crippen LogP) is 1.13. The Morgan fingerprint density at radius 3 is 2.80 bits per heavy atom. The lowest BCUT2D eigenvalue weighted by atomic mass is 9.77. The molecule has 10 heteroatoms. The summed E-state index contributed by atoms with van der Waals surface area (Å²) in [5.41, 5.74) is 1.89. The summed E-state index contributed by atoms with van der Waals surface area (Å²) in [5, 5.41) is 8.46. The van der Waals surface area contributed by atoms with Crippen LogP contribution in [0.5, 0.6) is 0 Å². The Morgan fingerprint density at radius 1 is 1.27 bits per heavy atom. The number of likely N-dealkylation sites (tertiary alicyclic amines) is 2. The Balaban J connectivity index is 1.47. The van der Waals surface area contributed by atoms with Gasteiger partial charge in [0.2, 0.25) is 11.7 Å². The number of carbonyl (C=O) groups excluding carboxylic acids is 1. The minimum Gasteiger partial charge on any atom is -0.339 e. The third-order valence-corrected chi connectivity index (χ3v) is 6.26. The van der Waals surface area contributed by atoms with Gasteiger partial charge in [0.1, 0.15) is 11.4 Å². The molecule has 0 aromatic carbocycles. The highest BCUT2D eigenvalue weighted by molar-refractivity contribution is 5.93. The fourth-order valence-electron chi connectivity index (χ4n) is 4.85. The maximum absolute atomic E-state index is 13.3. The average Bonchev–Trinajstić information content (AvgIpc) is 3.50. The van der Waals surface area contributed by atoms with E-state index in [0.29, 0.717) is 36.2 Å². The molecule has 0 bridgehead atoms. The van der Waals surface area contributed by atoms with Crippen molar-refractivity contribution in [2.75, 3.05) is 33.2 Å². The first-order chi connectivity index (χ1) is 14.4. The molecular formula is C20H24N8O2. The van der Waals surface area contributed by atoms with Crippen LogP contribution in [-0.2, 0) is 7.05 Å². The third-order valence-electron chi connectivity index (χ3n) is 6.26. The molecule has 3 aromatic heterocycles. The van der Waals surface area contributed by atoms with E-state index in [1.54, 1.807) is 30.3 Å². The maximum Gasteiger partial charge on any atom is 0.272 e. The van der Waals surface area contributed by atoms with E-state index in [-0.39, 0.29) is 17.2 Å². The predicted molar refractivity (Wildman–Crippen MR) is 106 cm³/mol. The quantitative estimate of drug-likeness (QED) is 0.635. The Kier molecular flexibility index (Phi) is 4.39. The summed E-state index contributed by atoms with van der Waals surface area (Å²) in [4.78, 5) is 30.5. The van der Waals surface area contributed by atoms with Crippen LogP contribution in [0.1, 0.15) is 34.4 Å². The third kappa shape index (κ3) is 3.07. The zero-order valence-electron chi connectivity index (χ0n) is 17.3. The highest BCUT2D eigenvalue weighted by atomic mass is 16.5. The normalized spacial score (nSPS) is 24.2. The molecule has 2 atom stereocenters. The van der Waals surface area contributed by atoms with Crippen LogP contribution in [0, 0.1) is 12.3 Å². The number of aromatic nitrogens is 6. The van der Waals surface area contributed by atoms with Crippen molar-refractivity contribution < 1.29 is 9.32 Å². The van der Waals surface area contributed by atoms with Gasteiger partial charge in [0.25, 0.3) is 5.91 Å². The summed E-state index contributed by atoms with van der Waals surface area (Å²) in [5.74, 6) is 0.941. The minimum absolute atomic E-state index is 0.0109. The maximum atomic E-state index is 13.3. The van der Waals surface area contributed by atoms with Gasteiger partial charge >= 0.3 is 0 Å². The highest BCUT2D eigenvalue weighted by Crippen LogP contribution is 2.48. The van der Waals surface area contributed by atoms with Crippen molar-refractivity contribution in [1.29, 1.82) is 0 Å². The molecule has 0 aliphatic carbocycles. The summed E-state index contributed by atoms with van der Waals surface area (Å²) in [6, 6.07) is 1.84. The Labute approximate surface area is 173 Å². The second kappa shape index (κ2) is 6.98. The summed E-state index contributed by atoms with van der Waals surface area (Å²) in [7, 11) is 3.91. The lowest BCUT2D eigenvalue weighted by molar-refractivity contribution is 0.0763. The second-order valence-electron chi connectivity index (χ2n) is 8.43. The minimum atomic E-state index is -0.107. The fraction of sp³-hybridized carbons (Fsp3) is 0.500. The lowest BCUT2D eigenvalue weighted by Gasteiger charge is -2.27. The molecule has 1 spiro atoms. The summed E-state index contributed by atoms with van der Waals surface area (Å²) in [6.45, 7) is 4.96. The van der Waals surface area contributed by atoms with Gasteiger partial charge in [-0.3, -0.25) is 14.5 Å². The van der Waals surface area contributed by atoms with E-state index >= 15 is 0 Å². The van der Waals surface area contributed by atoms with Gasteiger partial charge in [0.05, 0.1) is 17.8 Å². The van der Waals surface area contributed by atoms with E-state index in [1.807, 2.05) is 17.9 Å². The molecule has 2 aliphatic rings. The van der Waals surface area contributed by atoms with Gasteiger partial charge in [-0.05, 0) is 33.0 Å². The smallest absolute Gasteiger partial charge is 0.272 e. The first kappa shape index (κ1) is 18.9. The number of aryl methyl sites for hydroxylation is 2. The molecule has 2 saturated heterocycles. The van der Waals surface area contributed by atoms with E-state index < -0.39 is 0 Å². The molecule has 1 amide bonds. The van der Waals surface area contributed by atoms with E-state index in [0.717, 1.165) is 25.2 Å². The van der Waals surface area contributed by atoms with E-state index in [9.17, 15) is 4.79 Å². The van der Waals surface area contributed by atoms with Crippen molar-refractivity contribution in [3.05, 3.63) is 41.9 Å². The molecule has 10 nitrogen and oxygen atoms in total. The molecular weight excluding hydrogens is 384 g/mol. The SMILES string of the molecule is Cc1cc(C(=O)N2C[C@@H](c3nc(-c4cnccn4)no3)[C@]3(CCN(C)C3)C2)n(C)n1. The van der Waals surface area contributed by atoms with Gasteiger partial charge in [0, 0.05) is 44.5 Å². The molecule has 5 heterocycles. The van der Waals surface area contributed by atoms with Crippen molar-refractivity contribution in [2.45, 2.75) is 19.3 Å². The van der Waals surface area contributed by atoms with Gasteiger partial charge in [-0.2, -0.15) is 10.1 Å². The van der Waals surface area contributed by atoms with Gasteiger partial charge in [0.15, 0.2) is 0 Å². The Hall–Kier alpha value is -3.14. The Morgan fingerprint density at radius 2 is 2.13 bits per heavy atom. The highest BCUT2D eigenvalue weighted by Gasteiger charge is 2.54. The lowest BCUT2D eigenvalue weighted by Crippen LogP contribution is -2.35. The van der Waals surface area contributed by atoms with E-state index in [4.69, 9.17) is 4.52 Å². The van der Waals surface area contributed by atoms with Crippen LogP contribution in [-0.4, -0.2) is 78.8 Å². The van der Waals surface area contributed by atoms with Gasteiger partial charge in [-0.25, -0.2) is 4.98 Å². The molecule has 2 aliphatic heterocycles. The summed E-state index contributed by atoms with van der Waals surface area (Å²) in [6.07, 6.45) is 5.80. The zero-order chi connectivity index (χ0) is 20.9. The van der Waals surface area contributed by atoms with Crippen LogP contribution in [0.4, 0.5) is 0 Å². The van der Waals surface area contributed by atoms with Crippen LogP contribution in [0.2, 0.25) is 0 Å². The van der Waals surface area contributed by atoms with Crippen LogP contribution in [0.15, 0.2) is 29.2 Å². The molecule has 3 aromatic rings. The molecule has 0 unspecified atom stereocenters. The first-order valence-electron chi connectivity index (χ1n) is 10.0. The molecule has 2 fully saturated rings. The van der Waals surface area contributed by atoms with Crippen LogP contribution in [0.25, 0.3) is 11.5 Å². The standard InChI is InChI=1S/C20H24N8O2/c1-13-8-16(27(3)24-13)19(29)28-10-14(20(12-28)4-7-26(2)11-20)18-23-17(25-30-18)15-9-21-5-6-22-15/h5-6,8-9,14H,4,7,10-12H2,1-3H3/t14-,20-/m0/s1. The van der Waals surface area contributed by atoms with Crippen molar-refractivity contribution in [1.82, 2.24) is 39.7 Å². The Bertz CT molecular complexity index is 1080. The van der Waals surface area contributed by atoms with Gasteiger partial charge < -0.3 is 14.3 Å². The van der Waals surface area contributed by atoms with E-state index in [2.05, 4.69) is 37.2 Å². The second-order valence-corrected chi connectivity index (χ2v) is 8.43. The molecule has 0 radical (unpaired) electrons. The van der Waals surface area contributed by atoms with Crippen LogP contribution in [0.3, 0.4) is 0 Å². The largest absolute Gasteiger partial charge is 0.339 e. The molecule has 0 N–H and O–H groups in total.